The number of carbonyl (C=O) groups is 1. The Labute approximate surface area is 60.9 Å². The topological polar surface area (TPSA) is 26.3 Å². The fraction of sp³-hybridized carbons (Fsp3) is 0.625. The molecule has 0 spiro atoms. The third kappa shape index (κ3) is 1.20. The van der Waals surface area contributed by atoms with Crippen LogP contribution in [-0.2, 0) is 9.53 Å². The summed E-state index contributed by atoms with van der Waals surface area (Å²) in [5.74, 6) is -0.157. The average molecular weight is 140 g/mol. The molecule has 1 saturated heterocycles. The predicted molar refractivity (Wildman–Crippen MR) is 38.5 cm³/mol. The van der Waals surface area contributed by atoms with E-state index in [0.717, 1.165) is 12.0 Å². The molecular weight excluding hydrogens is 128 g/mol. The fourth-order valence-corrected chi connectivity index (χ4v) is 1.16. The van der Waals surface area contributed by atoms with Gasteiger partial charge in [-0.15, -0.1) is 0 Å². The Morgan fingerprint density at radius 2 is 2.40 bits per heavy atom. The molecule has 0 bridgehead atoms. The largest absolute Gasteiger partial charge is 0.462 e. The van der Waals surface area contributed by atoms with Gasteiger partial charge in [0.1, 0.15) is 6.10 Å². The van der Waals surface area contributed by atoms with Crippen molar-refractivity contribution < 1.29 is 9.53 Å². The quantitative estimate of drug-likeness (QED) is 0.407. The molecule has 0 amide bonds. The molecule has 56 valence electrons. The minimum absolute atomic E-state index is 0.0463. The van der Waals surface area contributed by atoms with Crippen LogP contribution in [0.3, 0.4) is 0 Å². The molecule has 0 unspecified atom stereocenters. The summed E-state index contributed by atoms with van der Waals surface area (Å²) in [6, 6.07) is 0. The molecule has 2 nitrogen and oxygen atoms in total. The third-order valence-corrected chi connectivity index (χ3v) is 1.76. The van der Waals surface area contributed by atoms with Crippen LogP contribution in [0.25, 0.3) is 0 Å². The number of ether oxygens (including phenoxy) is 1. The van der Waals surface area contributed by atoms with Crippen molar-refractivity contribution in [2.24, 2.45) is 5.92 Å². The van der Waals surface area contributed by atoms with Crippen molar-refractivity contribution in [1.82, 2.24) is 0 Å². The Hall–Kier alpha value is -0.790. The van der Waals surface area contributed by atoms with Crippen LogP contribution in [0.2, 0.25) is 0 Å². The lowest BCUT2D eigenvalue weighted by atomic mass is 9.99. The van der Waals surface area contributed by atoms with Crippen LogP contribution in [0.15, 0.2) is 12.2 Å². The van der Waals surface area contributed by atoms with Gasteiger partial charge < -0.3 is 4.74 Å². The van der Waals surface area contributed by atoms with Gasteiger partial charge in [-0.05, 0) is 13.8 Å². The summed E-state index contributed by atoms with van der Waals surface area (Å²) in [6.45, 7) is 7.49. The van der Waals surface area contributed by atoms with Crippen molar-refractivity contribution >= 4 is 5.97 Å². The number of hydrogen-bond acceptors (Lipinski definition) is 2. The highest BCUT2D eigenvalue weighted by Gasteiger charge is 2.31. The van der Waals surface area contributed by atoms with Crippen molar-refractivity contribution in [3.63, 3.8) is 0 Å². The summed E-state index contributed by atoms with van der Waals surface area (Å²) >= 11 is 0. The zero-order valence-electron chi connectivity index (χ0n) is 6.39. The summed E-state index contributed by atoms with van der Waals surface area (Å²) in [5, 5.41) is 0. The monoisotopic (exact) mass is 140 g/mol. The molecule has 2 atom stereocenters. The molecule has 0 radical (unpaired) electrons. The predicted octanol–water partition coefficient (Wildman–Crippen LogP) is 1.51. The van der Waals surface area contributed by atoms with Crippen LogP contribution in [0.5, 0.6) is 0 Å². The second kappa shape index (κ2) is 2.45. The lowest BCUT2D eigenvalue weighted by molar-refractivity contribution is -0.142. The number of hydrogen-bond donors (Lipinski definition) is 0. The maximum absolute atomic E-state index is 10.9. The highest BCUT2D eigenvalue weighted by molar-refractivity contribution is 5.77. The first kappa shape index (κ1) is 7.32. The SMILES string of the molecule is C=C(C)[C@H]1C[C@@H](C)OC1=O. The van der Waals surface area contributed by atoms with Crippen molar-refractivity contribution in [3.05, 3.63) is 12.2 Å². The van der Waals surface area contributed by atoms with Gasteiger partial charge in [-0.25, -0.2) is 0 Å². The molecule has 2 heteroatoms. The second-order valence-corrected chi connectivity index (χ2v) is 2.88. The number of cyclic esters (lactones) is 1. The van der Waals surface area contributed by atoms with E-state index in [9.17, 15) is 4.79 Å². The first-order valence-electron chi connectivity index (χ1n) is 3.47. The van der Waals surface area contributed by atoms with Crippen LogP contribution in [0.1, 0.15) is 20.3 Å². The Bertz CT molecular complexity index is 172. The van der Waals surface area contributed by atoms with Crippen LogP contribution >= 0.6 is 0 Å². The molecule has 1 aliphatic rings. The van der Waals surface area contributed by atoms with Gasteiger partial charge >= 0.3 is 5.97 Å². The Morgan fingerprint density at radius 1 is 1.80 bits per heavy atom. The Morgan fingerprint density at radius 3 is 2.60 bits per heavy atom. The van der Waals surface area contributed by atoms with Crippen molar-refractivity contribution in [1.29, 1.82) is 0 Å². The van der Waals surface area contributed by atoms with Gasteiger partial charge in [0, 0.05) is 6.42 Å². The second-order valence-electron chi connectivity index (χ2n) is 2.88. The first-order chi connectivity index (χ1) is 4.61. The van der Waals surface area contributed by atoms with E-state index in [4.69, 9.17) is 4.74 Å². The van der Waals surface area contributed by atoms with Crippen LogP contribution in [-0.4, -0.2) is 12.1 Å². The zero-order chi connectivity index (χ0) is 7.72. The Kier molecular flexibility index (Phi) is 1.79. The number of rotatable bonds is 1. The lowest BCUT2D eigenvalue weighted by Crippen LogP contribution is -2.07. The van der Waals surface area contributed by atoms with E-state index in [1.54, 1.807) is 0 Å². The molecule has 0 N–H and O–H groups in total. The molecule has 0 saturated carbocycles. The maximum Gasteiger partial charge on any atom is 0.313 e. The molecule has 0 aromatic rings. The van der Waals surface area contributed by atoms with Gasteiger partial charge in [0.15, 0.2) is 0 Å². The van der Waals surface area contributed by atoms with Crippen LogP contribution in [0, 0.1) is 5.92 Å². The van der Waals surface area contributed by atoms with Gasteiger partial charge in [0.25, 0.3) is 0 Å². The minimum atomic E-state index is -0.111. The average Bonchev–Trinajstić information content (AvgIpc) is 2.10. The summed E-state index contributed by atoms with van der Waals surface area (Å²) < 4.78 is 4.94. The van der Waals surface area contributed by atoms with Gasteiger partial charge in [0.2, 0.25) is 0 Å². The van der Waals surface area contributed by atoms with E-state index in [-0.39, 0.29) is 18.0 Å². The summed E-state index contributed by atoms with van der Waals surface area (Å²) in [5.41, 5.74) is 0.911. The van der Waals surface area contributed by atoms with E-state index in [2.05, 4.69) is 6.58 Å². The van der Waals surface area contributed by atoms with E-state index >= 15 is 0 Å². The van der Waals surface area contributed by atoms with E-state index in [0.29, 0.717) is 0 Å². The molecule has 1 fully saturated rings. The first-order valence-corrected chi connectivity index (χ1v) is 3.47. The minimum Gasteiger partial charge on any atom is -0.462 e. The molecule has 0 aromatic heterocycles. The summed E-state index contributed by atoms with van der Waals surface area (Å²) in [4.78, 5) is 10.9. The highest BCUT2D eigenvalue weighted by atomic mass is 16.5. The molecule has 1 rings (SSSR count). The van der Waals surface area contributed by atoms with Crippen molar-refractivity contribution in [2.75, 3.05) is 0 Å². The molecular formula is C8H12O2. The standard InChI is InChI=1S/C8H12O2/c1-5(2)7-4-6(3)10-8(7)9/h6-7H,1,4H2,2-3H3/t6-,7-/m1/s1. The molecule has 10 heavy (non-hydrogen) atoms. The van der Waals surface area contributed by atoms with Gasteiger partial charge in [-0.2, -0.15) is 0 Å². The number of esters is 1. The van der Waals surface area contributed by atoms with Gasteiger partial charge in [-0.3, -0.25) is 4.79 Å². The van der Waals surface area contributed by atoms with Gasteiger partial charge in [-0.1, -0.05) is 12.2 Å². The summed E-state index contributed by atoms with van der Waals surface area (Å²) in [7, 11) is 0. The molecule has 0 aromatic carbocycles. The summed E-state index contributed by atoms with van der Waals surface area (Å²) in [6.07, 6.45) is 0.878. The fourth-order valence-electron chi connectivity index (χ4n) is 1.16. The normalized spacial score (nSPS) is 32.0. The molecule has 1 aliphatic heterocycles. The van der Waals surface area contributed by atoms with E-state index < -0.39 is 0 Å². The lowest BCUT2D eigenvalue weighted by Gasteiger charge is -2.00. The van der Waals surface area contributed by atoms with Gasteiger partial charge in [0.05, 0.1) is 5.92 Å². The smallest absolute Gasteiger partial charge is 0.313 e. The number of carbonyl (C=O) groups excluding carboxylic acids is 1. The van der Waals surface area contributed by atoms with Crippen LogP contribution < -0.4 is 0 Å². The van der Waals surface area contributed by atoms with Crippen molar-refractivity contribution in [2.45, 2.75) is 26.4 Å². The van der Waals surface area contributed by atoms with E-state index in [1.807, 2.05) is 13.8 Å². The maximum atomic E-state index is 10.9. The third-order valence-electron chi connectivity index (χ3n) is 1.76. The molecule has 0 aliphatic carbocycles. The van der Waals surface area contributed by atoms with E-state index in [1.165, 1.54) is 0 Å². The van der Waals surface area contributed by atoms with Crippen molar-refractivity contribution in [3.8, 4) is 0 Å². The Balaban J connectivity index is 2.63. The zero-order valence-corrected chi connectivity index (χ0v) is 6.39. The molecule has 1 heterocycles. The van der Waals surface area contributed by atoms with Crippen LogP contribution in [0.4, 0.5) is 0 Å². The highest BCUT2D eigenvalue weighted by Crippen LogP contribution is 2.25.